The monoisotopic (exact) mass is 350 g/mol. The molecule has 0 aromatic carbocycles. The lowest BCUT2D eigenvalue weighted by Gasteiger charge is -2.31. The van der Waals surface area contributed by atoms with Crippen molar-refractivity contribution in [2.75, 3.05) is 39.4 Å². The summed E-state index contributed by atoms with van der Waals surface area (Å²) in [6.07, 6.45) is 1.50. The first-order valence-electron chi connectivity index (χ1n) is 7.91. The van der Waals surface area contributed by atoms with E-state index in [1.807, 2.05) is 0 Å². The van der Waals surface area contributed by atoms with Crippen LogP contribution in [0.15, 0.2) is 24.4 Å². The van der Waals surface area contributed by atoms with Crippen LogP contribution in [-0.4, -0.2) is 77.7 Å². The topological polar surface area (TPSA) is 121 Å². The quantitative estimate of drug-likeness (QED) is 0.597. The van der Waals surface area contributed by atoms with Gasteiger partial charge in [-0.2, -0.15) is 0 Å². The second-order valence-electron chi connectivity index (χ2n) is 5.90. The minimum absolute atomic E-state index is 0.00604. The van der Waals surface area contributed by atoms with Crippen molar-refractivity contribution in [3.05, 3.63) is 30.1 Å². The third-order valence-electron chi connectivity index (χ3n) is 3.68. The SMILES string of the molecule is CC(=O)NCC(=O)N1CCOCC(O)(CNC(=O)c2ccccn2)C1. The number of hydrogen-bond donors (Lipinski definition) is 3. The van der Waals surface area contributed by atoms with Gasteiger partial charge in [0.1, 0.15) is 11.3 Å². The summed E-state index contributed by atoms with van der Waals surface area (Å²) in [5.41, 5.74) is -1.19. The maximum absolute atomic E-state index is 12.1. The number of aromatic nitrogens is 1. The van der Waals surface area contributed by atoms with E-state index in [1.165, 1.54) is 18.0 Å². The van der Waals surface area contributed by atoms with Crippen molar-refractivity contribution in [3.8, 4) is 0 Å². The van der Waals surface area contributed by atoms with E-state index in [0.717, 1.165) is 0 Å². The molecule has 1 unspecified atom stereocenters. The molecular formula is C16H22N4O5. The van der Waals surface area contributed by atoms with Gasteiger partial charge >= 0.3 is 0 Å². The minimum Gasteiger partial charge on any atom is -0.384 e. The first-order chi connectivity index (χ1) is 11.9. The first kappa shape index (κ1) is 18.8. The lowest BCUT2D eigenvalue weighted by Crippen LogP contribution is -2.54. The maximum Gasteiger partial charge on any atom is 0.269 e. The van der Waals surface area contributed by atoms with Crippen LogP contribution in [0.3, 0.4) is 0 Å². The standard InChI is InChI=1S/C16H22N4O5/c1-12(21)18-8-14(22)20-6-7-25-11-16(24,10-20)9-19-15(23)13-4-2-3-5-17-13/h2-5,24H,6-11H2,1H3,(H,18,21)(H,19,23). The van der Waals surface area contributed by atoms with Crippen LogP contribution in [0.2, 0.25) is 0 Å². The van der Waals surface area contributed by atoms with E-state index < -0.39 is 11.5 Å². The van der Waals surface area contributed by atoms with Crippen LogP contribution < -0.4 is 10.6 Å². The Labute approximate surface area is 145 Å². The van der Waals surface area contributed by atoms with Gasteiger partial charge in [-0.3, -0.25) is 19.4 Å². The van der Waals surface area contributed by atoms with Gasteiger partial charge in [-0.05, 0) is 12.1 Å². The zero-order chi connectivity index (χ0) is 18.3. The van der Waals surface area contributed by atoms with Crippen LogP contribution >= 0.6 is 0 Å². The Balaban J connectivity index is 1.94. The number of rotatable bonds is 5. The number of nitrogens with zero attached hydrogens (tertiary/aromatic N) is 2. The van der Waals surface area contributed by atoms with Crippen molar-refractivity contribution >= 4 is 17.7 Å². The second-order valence-corrected chi connectivity index (χ2v) is 5.90. The molecule has 1 aromatic heterocycles. The molecular weight excluding hydrogens is 328 g/mol. The number of pyridine rings is 1. The van der Waals surface area contributed by atoms with Gasteiger partial charge in [-0.15, -0.1) is 0 Å². The normalized spacial score (nSPS) is 20.5. The highest BCUT2D eigenvalue weighted by Gasteiger charge is 2.34. The van der Waals surface area contributed by atoms with E-state index in [1.54, 1.807) is 18.2 Å². The van der Waals surface area contributed by atoms with Gasteiger partial charge in [-0.1, -0.05) is 6.07 Å². The van der Waals surface area contributed by atoms with Crippen LogP contribution in [0, 0.1) is 0 Å². The van der Waals surface area contributed by atoms with Gasteiger partial charge < -0.3 is 25.4 Å². The van der Waals surface area contributed by atoms with Gasteiger partial charge in [0.15, 0.2) is 0 Å². The third kappa shape index (κ3) is 5.80. The van der Waals surface area contributed by atoms with E-state index in [-0.39, 0.29) is 50.4 Å². The maximum atomic E-state index is 12.1. The van der Waals surface area contributed by atoms with E-state index >= 15 is 0 Å². The number of ether oxygens (including phenoxy) is 1. The fourth-order valence-electron chi connectivity index (χ4n) is 2.38. The number of carbonyl (C=O) groups is 3. The molecule has 0 saturated carbocycles. The molecule has 3 N–H and O–H groups in total. The third-order valence-corrected chi connectivity index (χ3v) is 3.68. The molecule has 9 nitrogen and oxygen atoms in total. The summed E-state index contributed by atoms with van der Waals surface area (Å²) in [6.45, 7) is 1.63. The van der Waals surface area contributed by atoms with Crippen LogP contribution in [0.5, 0.6) is 0 Å². The lowest BCUT2D eigenvalue weighted by molar-refractivity contribution is -0.134. The Hall–Kier alpha value is -2.52. The van der Waals surface area contributed by atoms with E-state index in [0.29, 0.717) is 6.54 Å². The molecule has 2 rings (SSSR count). The zero-order valence-electron chi connectivity index (χ0n) is 14.0. The highest BCUT2D eigenvalue weighted by atomic mass is 16.5. The molecule has 2 heterocycles. The molecule has 25 heavy (non-hydrogen) atoms. The van der Waals surface area contributed by atoms with Gasteiger partial charge in [0, 0.05) is 19.7 Å². The second kappa shape index (κ2) is 8.54. The first-order valence-corrected chi connectivity index (χ1v) is 7.91. The number of carbonyl (C=O) groups excluding carboxylic acids is 3. The molecule has 136 valence electrons. The van der Waals surface area contributed by atoms with Crippen molar-refractivity contribution in [1.82, 2.24) is 20.5 Å². The van der Waals surface area contributed by atoms with Gasteiger partial charge in [0.2, 0.25) is 11.8 Å². The highest BCUT2D eigenvalue weighted by Crippen LogP contribution is 2.12. The van der Waals surface area contributed by atoms with Crippen LogP contribution in [0.1, 0.15) is 17.4 Å². The van der Waals surface area contributed by atoms with Crippen molar-refractivity contribution in [2.45, 2.75) is 12.5 Å². The summed E-state index contributed by atoms with van der Waals surface area (Å²) in [5, 5.41) is 15.7. The Bertz CT molecular complexity index is 624. The fraction of sp³-hybridized carbons (Fsp3) is 0.500. The van der Waals surface area contributed by atoms with E-state index in [4.69, 9.17) is 4.74 Å². The van der Waals surface area contributed by atoms with Gasteiger partial charge in [-0.25, -0.2) is 0 Å². The number of aliphatic hydroxyl groups is 1. The fourth-order valence-corrected chi connectivity index (χ4v) is 2.38. The molecule has 9 heteroatoms. The average Bonchev–Trinajstić information content (AvgIpc) is 2.80. The molecule has 0 bridgehead atoms. The highest BCUT2D eigenvalue weighted by molar-refractivity contribution is 5.92. The molecule has 1 aromatic rings. The average molecular weight is 350 g/mol. The largest absolute Gasteiger partial charge is 0.384 e. The number of amides is 3. The lowest BCUT2D eigenvalue weighted by atomic mass is 10.0. The predicted octanol–water partition coefficient (Wildman–Crippen LogP) is -1.46. The Kier molecular flexibility index (Phi) is 6.43. The predicted molar refractivity (Wildman–Crippen MR) is 87.6 cm³/mol. The number of β-amino-alcohol motifs (C(OH)–C–C–N with tert-alkyl or cyclic N) is 1. The molecule has 0 spiro atoms. The zero-order valence-corrected chi connectivity index (χ0v) is 14.0. The summed E-state index contributed by atoms with van der Waals surface area (Å²) in [6, 6.07) is 4.95. The molecule has 0 radical (unpaired) electrons. The molecule has 1 fully saturated rings. The number of hydrogen-bond acceptors (Lipinski definition) is 6. The Morgan fingerprint density at radius 2 is 2.16 bits per heavy atom. The molecule has 1 saturated heterocycles. The smallest absolute Gasteiger partial charge is 0.269 e. The van der Waals surface area contributed by atoms with E-state index in [2.05, 4.69) is 15.6 Å². The van der Waals surface area contributed by atoms with Crippen LogP contribution in [0.25, 0.3) is 0 Å². The molecule has 1 atom stereocenters. The van der Waals surface area contributed by atoms with Crippen molar-refractivity contribution in [3.63, 3.8) is 0 Å². The molecule has 1 aliphatic rings. The summed E-state index contributed by atoms with van der Waals surface area (Å²) in [5.74, 6) is -1.05. The number of nitrogens with one attached hydrogen (secondary N) is 2. The van der Waals surface area contributed by atoms with Crippen LogP contribution in [-0.2, 0) is 14.3 Å². The van der Waals surface area contributed by atoms with E-state index in [9.17, 15) is 19.5 Å². The van der Waals surface area contributed by atoms with Crippen LogP contribution in [0.4, 0.5) is 0 Å². The summed E-state index contributed by atoms with van der Waals surface area (Å²) in [4.78, 5) is 40.5. The van der Waals surface area contributed by atoms with Crippen molar-refractivity contribution in [1.29, 1.82) is 0 Å². The molecule has 3 amide bonds. The minimum atomic E-state index is -1.42. The Morgan fingerprint density at radius 3 is 2.84 bits per heavy atom. The summed E-state index contributed by atoms with van der Waals surface area (Å²) in [7, 11) is 0. The summed E-state index contributed by atoms with van der Waals surface area (Å²) >= 11 is 0. The molecule has 1 aliphatic heterocycles. The molecule has 0 aliphatic carbocycles. The van der Waals surface area contributed by atoms with Crippen molar-refractivity contribution < 1.29 is 24.2 Å². The summed E-state index contributed by atoms with van der Waals surface area (Å²) < 4.78 is 5.36. The van der Waals surface area contributed by atoms with Gasteiger partial charge in [0.25, 0.3) is 5.91 Å². The van der Waals surface area contributed by atoms with Gasteiger partial charge in [0.05, 0.1) is 32.8 Å². The van der Waals surface area contributed by atoms with Crippen molar-refractivity contribution in [2.24, 2.45) is 0 Å². The Morgan fingerprint density at radius 1 is 1.36 bits per heavy atom.